The van der Waals surface area contributed by atoms with Gasteiger partial charge in [0.15, 0.2) is 5.15 Å². The molecule has 0 aromatic carbocycles. The molecule has 0 atom stereocenters. The quantitative estimate of drug-likeness (QED) is 0.831. The lowest BCUT2D eigenvalue weighted by atomic mass is 10.4. The highest BCUT2D eigenvalue weighted by Crippen LogP contribution is 2.22. The maximum absolute atomic E-state index is 5.84. The number of nitrogens with zero attached hydrogens (tertiary/aromatic N) is 1. The SMILES string of the molecule is CCCNc1cc(Br)cnc1Cl. The molecule has 0 aliphatic heterocycles. The van der Waals surface area contributed by atoms with Gasteiger partial charge >= 0.3 is 0 Å². The second kappa shape index (κ2) is 4.67. The van der Waals surface area contributed by atoms with Gasteiger partial charge in [-0.1, -0.05) is 18.5 Å². The number of rotatable bonds is 3. The Balaban J connectivity index is 2.75. The summed E-state index contributed by atoms with van der Waals surface area (Å²) >= 11 is 9.16. The third kappa shape index (κ3) is 2.64. The van der Waals surface area contributed by atoms with Crippen LogP contribution in [0, 0.1) is 0 Å². The lowest BCUT2D eigenvalue weighted by molar-refractivity contribution is 0.977. The van der Waals surface area contributed by atoms with E-state index in [0.717, 1.165) is 23.1 Å². The van der Waals surface area contributed by atoms with Crippen LogP contribution in [-0.4, -0.2) is 11.5 Å². The number of nitrogens with one attached hydrogen (secondary N) is 1. The van der Waals surface area contributed by atoms with Crippen molar-refractivity contribution in [2.75, 3.05) is 11.9 Å². The molecule has 1 heterocycles. The van der Waals surface area contributed by atoms with Crippen molar-refractivity contribution >= 4 is 33.2 Å². The van der Waals surface area contributed by atoms with Crippen molar-refractivity contribution in [1.29, 1.82) is 0 Å². The average molecular weight is 250 g/mol. The molecule has 2 nitrogen and oxygen atoms in total. The standard InChI is InChI=1S/C8H10BrClN2/c1-2-3-11-7-4-6(9)5-12-8(7)10/h4-5,11H,2-3H2,1H3. The van der Waals surface area contributed by atoms with Crippen molar-refractivity contribution < 1.29 is 0 Å². The van der Waals surface area contributed by atoms with Crippen LogP contribution in [0.4, 0.5) is 5.69 Å². The first kappa shape index (κ1) is 9.81. The molecule has 0 spiro atoms. The van der Waals surface area contributed by atoms with E-state index in [4.69, 9.17) is 11.6 Å². The first-order valence-corrected chi connectivity index (χ1v) is 4.96. The molecule has 0 bridgehead atoms. The van der Waals surface area contributed by atoms with E-state index < -0.39 is 0 Å². The van der Waals surface area contributed by atoms with Crippen LogP contribution in [0.5, 0.6) is 0 Å². The van der Waals surface area contributed by atoms with E-state index in [2.05, 4.69) is 33.2 Å². The molecule has 4 heteroatoms. The topological polar surface area (TPSA) is 24.9 Å². The summed E-state index contributed by atoms with van der Waals surface area (Å²) < 4.78 is 0.936. The second-order valence-corrected chi connectivity index (χ2v) is 3.69. The number of hydrogen-bond acceptors (Lipinski definition) is 2. The number of halogens is 2. The molecule has 1 aromatic rings. The maximum Gasteiger partial charge on any atom is 0.152 e. The molecule has 1 N–H and O–H groups in total. The molecular weight excluding hydrogens is 239 g/mol. The van der Waals surface area contributed by atoms with Gasteiger partial charge in [-0.05, 0) is 28.4 Å². The number of anilines is 1. The molecule has 0 unspecified atom stereocenters. The van der Waals surface area contributed by atoms with E-state index in [0.29, 0.717) is 5.15 Å². The summed E-state index contributed by atoms with van der Waals surface area (Å²) in [6.07, 6.45) is 2.75. The van der Waals surface area contributed by atoms with E-state index in [1.807, 2.05) is 6.07 Å². The highest BCUT2D eigenvalue weighted by molar-refractivity contribution is 9.10. The molecule has 0 aliphatic carbocycles. The van der Waals surface area contributed by atoms with E-state index in [9.17, 15) is 0 Å². The van der Waals surface area contributed by atoms with E-state index in [1.54, 1.807) is 6.20 Å². The summed E-state index contributed by atoms with van der Waals surface area (Å²) in [5, 5.41) is 3.70. The van der Waals surface area contributed by atoms with Crippen LogP contribution >= 0.6 is 27.5 Å². The minimum Gasteiger partial charge on any atom is -0.383 e. The lowest BCUT2D eigenvalue weighted by Gasteiger charge is -2.05. The zero-order valence-corrected chi connectivity index (χ0v) is 9.11. The maximum atomic E-state index is 5.84. The highest BCUT2D eigenvalue weighted by Gasteiger charge is 2.00. The number of hydrogen-bond donors (Lipinski definition) is 1. The molecule has 66 valence electrons. The normalized spacial score (nSPS) is 9.92. The van der Waals surface area contributed by atoms with Gasteiger partial charge in [-0.15, -0.1) is 0 Å². The van der Waals surface area contributed by atoms with Gasteiger partial charge in [-0.25, -0.2) is 4.98 Å². The summed E-state index contributed by atoms with van der Waals surface area (Å²) in [6, 6.07) is 1.92. The summed E-state index contributed by atoms with van der Waals surface area (Å²) in [4.78, 5) is 3.99. The van der Waals surface area contributed by atoms with E-state index >= 15 is 0 Å². The molecular formula is C8H10BrClN2. The van der Waals surface area contributed by atoms with Crippen molar-refractivity contribution in [2.24, 2.45) is 0 Å². The Bertz CT molecular complexity index is 265. The fourth-order valence-corrected chi connectivity index (χ4v) is 1.31. The molecule has 0 saturated heterocycles. The van der Waals surface area contributed by atoms with Crippen LogP contribution < -0.4 is 5.32 Å². The van der Waals surface area contributed by atoms with Crippen molar-refractivity contribution in [1.82, 2.24) is 4.98 Å². The first-order chi connectivity index (χ1) is 5.74. The Labute approximate surface area is 85.5 Å². The Morgan fingerprint density at radius 3 is 3.08 bits per heavy atom. The predicted octanol–water partition coefficient (Wildman–Crippen LogP) is 3.32. The molecule has 12 heavy (non-hydrogen) atoms. The number of pyridine rings is 1. The third-order valence-electron chi connectivity index (χ3n) is 1.37. The highest BCUT2D eigenvalue weighted by atomic mass is 79.9. The molecule has 0 saturated carbocycles. The van der Waals surface area contributed by atoms with Gasteiger partial charge in [0, 0.05) is 17.2 Å². The zero-order chi connectivity index (χ0) is 8.97. The van der Waals surface area contributed by atoms with Crippen molar-refractivity contribution in [3.8, 4) is 0 Å². The van der Waals surface area contributed by atoms with Gasteiger partial charge < -0.3 is 5.32 Å². The van der Waals surface area contributed by atoms with Crippen molar-refractivity contribution in [3.05, 3.63) is 21.9 Å². The minimum atomic E-state index is 0.520. The van der Waals surface area contributed by atoms with E-state index in [1.165, 1.54) is 0 Å². The Hall–Kier alpha value is -0.280. The minimum absolute atomic E-state index is 0.520. The van der Waals surface area contributed by atoms with Crippen LogP contribution in [0.3, 0.4) is 0 Å². The van der Waals surface area contributed by atoms with Gasteiger partial charge in [0.2, 0.25) is 0 Å². The fourth-order valence-electron chi connectivity index (χ4n) is 0.806. The Kier molecular flexibility index (Phi) is 3.82. The third-order valence-corrected chi connectivity index (χ3v) is 2.11. The Morgan fingerprint density at radius 2 is 2.42 bits per heavy atom. The lowest BCUT2D eigenvalue weighted by Crippen LogP contribution is -2.00. The molecule has 1 aromatic heterocycles. The van der Waals surface area contributed by atoms with E-state index in [-0.39, 0.29) is 0 Å². The Morgan fingerprint density at radius 1 is 1.67 bits per heavy atom. The van der Waals surface area contributed by atoms with Crippen LogP contribution in [0.15, 0.2) is 16.7 Å². The summed E-state index contributed by atoms with van der Waals surface area (Å²) in [7, 11) is 0. The summed E-state index contributed by atoms with van der Waals surface area (Å²) in [5.41, 5.74) is 0.882. The van der Waals surface area contributed by atoms with Gasteiger partial charge in [0.1, 0.15) is 0 Å². The molecule has 0 radical (unpaired) electrons. The van der Waals surface area contributed by atoms with Gasteiger partial charge in [0.25, 0.3) is 0 Å². The fraction of sp³-hybridized carbons (Fsp3) is 0.375. The molecule has 0 amide bonds. The monoisotopic (exact) mass is 248 g/mol. The summed E-state index contributed by atoms with van der Waals surface area (Å²) in [6.45, 7) is 3.02. The number of aromatic nitrogens is 1. The predicted molar refractivity (Wildman–Crippen MR) is 55.7 cm³/mol. The summed E-state index contributed by atoms with van der Waals surface area (Å²) in [5.74, 6) is 0. The van der Waals surface area contributed by atoms with Gasteiger partial charge in [-0.3, -0.25) is 0 Å². The van der Waals surface area contributed by atoms with Gasteiger partial charge in [-0.2, -0.15) is 0 Å². The molecule has 0 aliphatic rings. The van der Waals surface area contributed by atoms with Crippen LogP contribution in [0.1, 0.15) is 13.3 Å². The second-order valence-electron chi connectivity index (χ2n) is 2.42. The zero-order valence-electron chi connectivity index (χ0n) is 6.77. The molecule has 0 fully saturated rings. The first-order valence-electron chi connectivity index (χ1n) is 3.79. The van der Waals surface area contributed by atoms with Crippen molar-refractivity contribution in [3.63, 3.8) is 0 Å². The molecule has 1 rings (SSSR count). The smallest absolute Gasteiger partial charge is 0.152 e. The van der Waals surface area contributed by atoms with Crippen molar-refractivity contribution in [2.45, 2.75) is 13.3 Å². The largest absolute Gasteiger partial charge is 0.383 e. The average Bonchev–Trinajstić information content (AvgIpc) is 2.07. The van der Waals surface area contributed by atoms with Crippen LogP contribution in [0.25, 0.3) is 0 Å². The van der Waals surface area contributed by atoms with Gasteiger partial charge in [0.05, 0.1) is 5.69 Å². The van der Waals surface area contributed by atoms with Crippen LogP contribution in [0.2, 0.25) is 5.15 Å². The van der Waals surface area contributed by atoms with Crippen LogP contribution in [-0.2, 0) is 0 Å².